The van der Waals surface area contributed by atoms with E-state index in [1.54, 1.807) is 30.1 Å². The monoisotopic (exact) mass is 357 g/mol. The van der Waals surface area contributed by atoms with Gasteiger partial charge in [0.1, 0.15) is 5.75 Å². The molecule has 0 saturated carbocycles. The Kier molecular flexibility index (Phi) is 6.06. The van der Waals surface area contributed by atoms with Crippen LogP contribution >= 0.6 is 0 Å². The number of methoxy groups -OCH3 is 1. The Morgan fingerprint density at radius 3 is 2.58 bits per heavy atom. The molecule has 0 spiro atoms. The van der Waals surface area contributed by atoms with Crippen LogP contribution in [0.5, 0.6) is 5.75 Å². The highest BCUT2D eigenvalue weighted by atomic mass is 16.5. The first-order chi connectivity index (χ1) is 12.6. The van der Waals surface area contributed by atoms with Gasteiger partial charge in [0.2, 0.25) is 0 Å². The number of hydrogen-bond acceptors (Lipinski definition) is 5. The largest absolute Gasteiger partial charge is 0.507 e. The van der Waals surface area contributed by atoms with Crippen LogP contribution < -0.4 is 5.56 Å². The number of hydrogen-bond donors (Lipinski definition) is 1. The Labute approximate surface area is 154 Å². The number of nitrogens with zero attached hydrogens (tertiary/aromatic N) is 3. The van der Waals surface area contributed by atoms with Crippen molar-refractivity contribution in [1.82, 2.24) is 14.5 Å². The third kappa shape index (κ3) is 3.81. The fourth-order valence-electron chi connectivity index (χ4n) is 3.77. The SMILES string of the molecule is COCCn1c(C)cc(O)c(C(c2ccncc2)N2CCCCC2)c1=O. The zero-order valence-electron chi connectivity index (χ0n) is 15.5. The van der Waals surface area contributed by atoms with Crippen molar-refractivity contribution in [2.45, 2.75) is 38.8 Å². The number of aryl methyl sites for hydroxylation is 1. The molecule has 0 aromatic carbocycles. The molecule has 1 N–H and O–H groups in total. The maximum atomic E-state index is 13.3. The summed E-state index contributed by atoms with van der Waals surface area (Å²) in [6.45, 7) is 4.59. The zero-order valence-corrected chi connectivity index (χ0v) is 15.5. The van der Waals surface area contributed by atoms with Gasteiger partial charge in [0.05, 0.1) is 18.2 Å². The molecule has 0 amide bonds. The normalized spacial score (nSPS) is 16.5. The van der Waals surface area contributed by atoms with Crippen LogP contribution in [-0.4, -0.2) is 46.4 Å². The Morgan fingerprint density at radius 2 is 1.92 bits per heavy atom. The van der Waals surface area contributed by atoms with E-state index in [4.69, 9.17) is 4.74 Å². The Hall–Kier alpha value is -2.18. The second-order valence-electron chi connectivity index (χ2n) is 6.81. The van der Waals surface area contributed by atoms with Gasteiger partial charge >= 0.3 is 0 Å². The lowest BCUT2D eigenvalue weighted by Gasteiger charge is -2.35. The summed E-state index contributed by atoms with van der Waals surface area (Å²) in [5, 5.41) is 10.7. The number of piperidine rings is 1. The van der Waals surface area contributed by atoms with Crippen LogP contribution in [0.4, 0.5) is 0 Å². The highest BCUT2D eigenvalue weighted by Crippen LogP contribution is 2.34. The summed E-state index contributed by atoms with van der Waals surface area (Å²) in [5.74, 6) is 0.0635. The van der Waals surface area contributed by atoms with Gasteiger partial charge < -0.3 is 14.4 Å². The lowest BCUT2D eigenvalue weighted by molar-refractivity contribution is 0.178. The van der Waals surface area contributed by atoms with Crippen LogP contribution in [0.15, 0.2) is 35.4 Å². The van der Waals surface area contributed by atoms with Gasteiger partial charge in [-0.1, -0.05) is 6.42 Å². The van der Waals surface area contributed by atoms with E-state index >= 15 is 0 Å². The average molecular weight is 357 g/mol. The van der Waals surface area contributed by atoms with Gasteiger partial charge in [-0.25, -0.2) is 0 Å². The maximum Gasteiger partial charge on any atom is 0.259 e. The molecule has 1 unspecified atom stereocenters. The van der Waals surface area contributed by atoms with E-state index in [-0.39, 0.29) is 17.4 Å². The standard InChI is InChI=1S/C20H27N3O3/c1-15-14-17(24)18(20(25)23(15)12-13-26-2)19(16-6-8-21-9-7-16)22-10-4-3-5-11-22/h6-9,14,19,24H,3-5,10-13H2,1-2H3. The second-order valence-corrected chi connectivity index (χ2v) is 6.81. The highest BCUT2D eigenvalue weighted by molar-refractivity contribution is 5.40. The van der Waals surface area contributed by atoms with E-state index in [0.29, 0.717) is 18.7 Å². The third-order valence-electron chi connectivity index (χ3n) is 5.09. The van der Waals surface area contributed by atoms with Crippen molar-refractivity contribution in [1.29, 1.82) is 0 Å². The first-order valence-electron chi connectivity index (χ1n) is 9.19. The van der Waals surface area contributed by atoms with E-state index in [0.717, 1.165) is 37.2 Å². The number of aromatic nitrogens is 2. The third-order valence-corrected chi connectivity index (χ3v) is 5.09. The zero-order chi connectivity index (χ0) is 18.5. The molecule has 2 aromatic rings. The van der Waals surface area contributed by atoms with Crippen molar-refractivity contribution in [3.8, 4) is 5.75 Å². The number of likely N-dealkylation sites (tertiary alicyclic amines) is 1. The van der Waals surface area contributed by atoms with Crippen LogP contribution in [-0.2, 0) is 11.3 Å². The predicted molar refractivity (Wildman–Crippen MR) is 100 cm³/mol. The van der Waals surface area contributed by atoms with Crippen LogP contribution in [0, 0.1) is 6.92 Å². The van der Waals surface area contributed by atoms with Gasteiger partial charge in [-0.2, -0.15) is 0 Å². The summed E-state index contributed by atoms with van der Waals surface area (Å²) >= 11 is 0. The summed E-state index contributed by atoms with van der Waals surface area (Å²) in [6, 6.07) is 5.28. The summed E-state index contributed by atoms with van der Waals surface area (Å²) in [4.78, 5) is 19.7. The quantitative estimate of drug-likeness (QED) is 0.860. The molecule has 1 fully saturated rings. The summed E-state index contributed by atoms with van der Waals surface area (Å²) < 4.78 is 6.84. The predicted octanol–water partition coefficient (Wildman–Crippen LogP) is 2.48. The van der Waals surface area contributed by atoms with Gasteiger partial charge in [0.25, 0.3) is 5.56 Å². The average Bonchev–Trinajstić information content (AvgIpc) is 2.66. The molecule has 140 valence electrons. The number of aromatic hydroxyl groups is 1. The first kappa shape index (κ1) is 18.6. The highest BCUT2D eigenvalue weighted by Gasteiger charge is 2.29. The number of pyridine rings is 2. The topological polar surface area (TPSA) is 67.6 Å². The van der Waals surface area contributed by atoms with E-state index < -0.39 is 0 Å². The van der Waals surface area contributed by atoms with Crippen LogP contribution in [0.25, 0.3) is 0 Å². The molecule has 0 radical (unpaired) electrons. The van der Waals surface area contributed by atoms with Gasteiger partial charge in [0.15, 0.2) is 0 Å². The minimum absolute atomic E-state index is 0.0635. The molecule has 1 aliphatic heterocycles. The van der Waals surface area contributed by atoms with Gasteiger partial charge in [-0.3, -0.25) is 14.7 Å². The van der Waals surface area contributed by atoms with E-state index in [1.165, 1.54) is 6.42 Å². The molecule has 1 saturated heterocycles. The summed E-state index contributed by atoms with van der Waals surface area (Å²) in [7, 11) is 1.62. The molecule has 3 heterocycles. The van der Waals surface area contributed by atoms with Crippen molar-refractivity contribution in [3.63, 3.8) is 0 Å². The molecule has 3 rings (SSSR count). The molecule has 0 aliphatic carbocycles. The fourth-order valence-corrected chi connectivity index (χ4v) is 3.77. The van der Waals surface area contributed by atoms with Crippen molar-refractivity contribution in [2.24, 2.45) is 0 Å². The van der Waals surface area contributed by atoms with Crippen molar-refractivity contribution in [3.05, 3.63) is 57.8 Å². The molecule has 1 atom stereocenters. The molecule has 6 heteroatoms. The minimum Gasteiger partial charge on any atom is -0.507 e. The maximum absolute atomic E-state index is 13.3. The fraction of sp³-hybridized carbons (Fsp3) is 0.500. The smallest absolute Gasteiger partial charge is 0.259 e. The molecule has 1 aliphatic rings. The Bertz CT molecular complexity index is 783. The van der Waals surface area contributed by atoms with Gasteiger partial charge in [-0.05, 0) is 56.6 Å². The molecule has 26 heavy (non-hydrogen) atoms. The van der Waals surface area contributed by atoms with Crippen molar-refractivity contribution in [2.75, 3.05) is 26.8 Å². The molecular formula is C20H27N3O3. The molecular weight excluding hydrogens is 330 g/mol. The number of rotatable bonds is 6. The summed E-state index contributed by atoms with van der Waals surface area (Å²) in [6.07, 6.45) is 6.89. The van der Waals surface area contributed by atoms with E-state index in [2.05, 4.69) is 9.88 Å². The van der Waals surface area contributed by atoms with Gasteiger partial charge in [0, 0.05) is 31.7 Å². The molecule has 0 bridgehead atoms. The molecule has 2 aromatic heterocycles. The van der Waals surface area contributed by atoms with Crippen molar-refractivity contribution >= 4 is 0 Å². The van der Waals surface area contributed by atoms with E-state index in [1.807, 2.05) is 19.1 Å². The Balaban J connectivity index is 2.13. The van der Waals surface area contributed by atoms with Gasteiger partial charge in [-0.15, -0.1) is 0 Å². The number of ether oxygens (including phenoxy) is 1. The van der Waals surface area contributed by atoms with Crippen LogP contribution in [0.1, 0.15) is 42.1 Å². The summed E-state index contributed by atoms with van der Waals surface area (Å²) in [5.41, 5.74) is 2.02. The Morgan fingerprint density at radius 1 is 1.23 bits per heavy atom. The second kappa shape index (κ2) is 8.47. The lowest BCUT2D eigenvalue weighted by Crippen LogP contribution is -2.39. The minimum atomic E-state index is -0.264. The first-order valence-corrected chi connectivity index (χ1v) is 9.19. The van der Waals surface area contributed by atoms with Crippen LogP contribution in [0.3, 0.4) is 0 Å². The molecule has 6 nitrogen and oxygen atoms in total. The lowest BCUT2D eigenvalue weighted by atomic mass is 9.95. The van der Waals surface area contributed by atoms with Crippen LogP contribution in [0.2, 0.25) is 0 Å². The van der Waals surface area contributed by atoms with E-state index in [9.17, 15) is 9.90 Å². The van der Waals surface area contributed by atoms with Crippen molar-refractivity contribution < 1.29 is 9.84 Å².